The zero-order chi connectivity index (χ0) is 8.43. The molecule has 1 nitrogen and oxygen atoms in total. The van der Waals surface area contributed by atoms with E-state index < -0.39 is 17.7 Å². The second-order valence-electron chi connectivity index (χ2n) is 2.42. The lowest BCUT2D eigenvalue weighted by molar-refractivity contribution is 0.537. The van der Waals surface area contributed by atoms with Crippen molar-refractivity contribution in [3.63, 3.8) is 0 Å². The average molecular weight is 194 g/mol. The van der Waals surface area contributed by atoms with Crippen molar-refractivity contribution in [1.29, 1.82) is 0 Å². The van der Waals surface area contributed by atoms with Gasteiger partial charge in [0.15, 0.2) is 0 Å². The number of nitrogens with two attached hydrogens (primary N) is 1. The first-order valence-corrected chi connectivity index (χ1v) is 3.32. The van der Waals surface area contributed by atoms with Gasteiger partial charge in [-0.25, -0.2) is 8.78 Å². The van der Waals surface area contributed by atoms with Gasteiger partial charge in [0.1, 0.15) is 11.6 Å². The summed E-state index contributed by atoms with van der Waals surface area (Å²) in [6, 6.07) is 3.11. The summed E-state index contributed by atoms with van der Waals surface area (Å²) in [4.78, 5) is 0. The molecule has 1 rings (SSSR count). The molecule has 1 aromatic rings. The lowest BCUT2D eigenvalue weighted by atomic mass is 10.1. The van der Waals surface area contributed by atoms with Crippen molar-refractivity contribution in [2.45, 2.75) is 13.0 Å². The van der Waals surface area contributed by atoms with Crippen LogP contribution in [0.4, 0.5) is 8.78 Å². The third-order valence-corrected chi connectivity index (χ3v) is 1.46. The van der Waals surface area contributed by atoms with Crippen LogP contribution in [0.3, 0.4) is 0 Å². The first-order valence-electron chi connectivity index (χ1n) is 3.32. The predicted molar refractivity (Wildman–Crippen MR) is 46.2 cm³/mol. The zero-order valence-electron chi connectivity index (χ0n) is 6.55. The van der Waals surface area contributed by atoms with E-state index in [9.17, 15) is 8.78 Å². The van der Waals surface area contributed by atoms with Gasteiger partial charge in [-0.15, -0.1) is 12.4 Å². The molecule has 68 valence electrons. The molecule has 0 saturated carbocycles. The maximum absolute atomic E-state index is 12.8. The summed E-state index contributed by atoms with van der Waals surface area (Å²) < 4.78 is 25.6. The summed E-state index contributed by atoms with van der Waals surface area (Å²) in [6.07, 6.45) is 0. The van der Waals surface area contributed by atoms with Crippen LogP contribution in [0.15, 0.2) is 18.2 Å². The molecule has 0 aliphatic carbocycles. The second kappa shape index (κ2) is 4.38. The number of halogens is 3. The van der Waals surface area contributed by atoms with Crippen molar-refractivity contribution in [1.82, 2.24) is 0 Å². The van der Waals surface area contributed by atoms with Crippen LogP contribution in [0, 0.1) is 11.6 Å². The Morgan fingerprint density at radius 2 is 1.67 bits per heavy atom. The molecular formula is C8H10ClF2N. The molecule has 0 amide bonds. The number of rotatable bonds is 1. The Kier molecular flexibility index (Phi) is 4.13. The first-order chi connectivity index (χ1) is 5.13. The molecule has 0 spiro atoms. The molecule has 0 aromatic heterocycles. The smallest absolute Gasteiger partial charge is 0.130 e. The van der Waals surface area contributed by atoms with Gasteiger partial charge in [-0.05, 0) is 19.1 Å². The van der Waals surface area contributed by atoms with Gasteiger partial charge in [-0.3, -0.25) is 0 Å². The lowest BCUT2D eigenvalue weighted by Gasteiger charge is -2.06. The van der Waals surface area contributed by atoms with E-state index in [4.69, 9.17) is 5.73 Å². The van der Waals surface area contributed by atoms with Gasteiger partial charge < -0.3 is 5.73 Å². The van der Waals surface area contributed by atoms with Gasteiger partial charge in [0, 0.05) is 11.6 Å². The van der Waals surface area contributed by atoms with E-state index in [1.54, 1.807) is 6.92 Å². The van der Waals surface area contributed by atoms with Gasteiger partial charge in [0.2, 0.25) is 0 Å². The monoisotopic (exact) mass is 193 g/mol. The van der Waals surface area contributed by atoms with Crippen LogP contribution in [-0.4, -0.2) is 0 Å². The highest BCUT2D eigenvalue weighted by Gasteiger charge is 2.11. The molecule has 1 aromatic carbocycles. The third kappa shape index (κ3) is 2.16. The highest BCUT2D eigenvalue weighted by atomic mass is 35.5. The topological polar surface area (TPSA) is 26.0 Å². The summed E-state index contributed by atoms with van der Waals surface area (Å²) in [5.74, 6) is -1.17. The lowest BCUT2D eigenvalue weighted by Crippen LogP contribution is -2.09. The fourth-order valence-corrected chi connectivity index (χ4v) is 0.946. The summed E-state index contributed by atoms with van der Waals surface area (Å²) in [7, 11) is 0. The maximum Gasteiger partial charge on any atom is 0.130 e. The largest absolute Gasteiger partial charge is 0.324 e. The minimum absolute atomic E-state index is 0. The van der Waals surface area contributed by atoms with Crippen LogP contribution in [0.1, 0.15) is 18.5 Å². The van der Waals surface area contributed by atoms with Gasteiger partial charge in [0.25, 0.3) is 0 Å². The standard InChI is InChI=1S/C8H9F2N.ClH/c1-5(11)8-6(9)3-2-4-7(8)10;/h2-5H,11H2,1H3;1H/t5-;/m0./s1. The summed E-state index contributed by atoms with van der Waals surface area (Å²) in [5, 5.41) is 0. The Hall–Kier alpha value is -0.670. The second-order valence-corrected chi connectivity index (χ2v) is 2.42. The van der Waals surface area contributed by atoms with Crippen LogP contribution in [0.2, 0.25) is 0 Å². The van der Waals surface area contributed by atoms with Crippen molar-refractivity contribution < 1.29 is 8.78 Å². The molecule has 2 N–H and O–H groups in total. The molecule has 4 heteroatoms. The van der Waals surface area contributed by atoms with Gasteiger partial charge in [-0.2, -0.15) is 0 Å². The molecule has 1 atom stereocenters. The molecule has 12 heavy (non-hydrogen) atoms. The van der Waals surface area contributed by atoms with Crippen molar-refractivity contribution in [3.05, 3.63) is 35.4 Å². The Morgan fingerprint density at radius 1 is 1.25 bits per heavy atom. The Balaban J connectivity index is 0.00000121. The van der Waals surface area contributed by atoms with Crippen LogP contribution < -0.4 is 5.73 Å². The van der Waals surface area contributed by atoms with Crippen LogP contribution in [0.5, 0.6) is 0 Å². The Labute approximate surface area is 76.0 Å². The molecule has 0 bridgehead atoms. The molecule has 0 radical (unpaired) electrons. The van der Waals surface area contributed by atoms with Crippen molar-refractivity contribution in [2.75, 3.05) is 0 Å². The SMILES string of the molecule is C[C@H](N)c1c(F)cccc1F.Cl. The summed E-state index contributed by atoms with van der Waals surface area (Å²) in [6.45, 7) is 1.54. The number of benzene rings is 1. The molecule has 0 aliphatic heterocycles. The van der Waals surface area contributed by atoms with Crippen LogP contribution in [-0.2, 0) is 0 Å². The van der Waals surface area contributed by atoms with E-state index in [-0.39, 0.29) is 18.0 Å². The molecule has 0 heterocycles. The van der Waals surface area contributed by atoms with Crippen molar-refractivity contribution in [3.8, 4) is 0 Å². The van der Waals surface area contributed by atoms with E-state index in [0.717, 1.165) is 0 Å². The van der Waals surface area contributed by atoms with E-state index >= 15 is 0 Å². The van der Waals surface area contributed by atoms with E-state index in [2.05, 4.69) is 0 Å². The predicted octanol–water partition coefficient (Wildman–Crippen LogP) is 2.41. The van der Waals surface area contributed by atoms with Gasteiger partial charge in [0.05, 0.1) is 0 Å². The third-order valence-electron chi connectivity index (χ3n) is 1.46. The number of hydrogen-bond acceptors (Lipinski definition) is 1. The zero-order valence-corrected chi connectivity index (χ0v) is 7.37. The number of hydrogen-bond donors (Lipinski definition) is 1. The fraction of sp³-hybridized carbons (Fsp3) is 0.250. The minimum atomic E-state index is -0.601. The molecule has 0 saturated heterocycles. The Morgan fingerprint density at radius 3 is 1.92 bits per heavy atom. The highest BCUT2D eigenvalue weighted by Crippen LogP contribution is 2.17. The van der Waals surface area contributed by atoms with Crippen molar-refractivity contribution >= 4 is 12.4 Å². The normalized spacial score (nSPS) is 12.0. The van der Waals surface area contributed by atoms with E-state index in [0.29, 0.717) is 0 Å². The minimum Gasteiger partial charge on any atom is -0.324 e. The molecule has 0 fully saturated rings. The summed E-state index contributed by atoms with van der Waals surface area (Å²) >= 11 is 0. The summed E-state index contributed by atoms with van der Waals surface area (Å²) in [5.41, 5.74) is 5.29. The quantitative estimate of drug-likeness (QED) is 0.728. The highest BCUT2D eigenvalue weighted by molar-refractivity contribution is 5.85. The van der Waals surface area contributed by atoms with Crippen molar-refractivity contribution in [2.24, 2.45) is 5.73 Å². The van der Waals surface area contributed by atoms with Crippen LogP contribution >= 0.6 is 12.4 Å². The van der Waals surface area contributed by atoms with Gasteiger partial charge in [-0.1, -0.05) is 6.07 Å². The first kappa shape index (κ1) is 11.3. The average Bonchev–Trinajstić information content (AvgIpc) is 1.85. The molecule has 0 unspecified atom stereocenters. The van der Waals surface area contributed by atoms with E-state index in [1.807, 2.05) is 0 Å². The fourth-order valence-electron chi connectivity index (χ4n) is 0.946. The maximum atomic E-state index is 12.8. The molecular weight excluding hydrogens is 184 g/mol. The van der Waals surface area contributed by atoms with Crippen LogP contribution in [0.25, 0.3) is 0 Å². The Bertz CT molecular complexity index is 243. The molecule has 0 aliphatic rings. The van der Waals surface area contributed by atoms with Gasteiger partial charge >= 0.3 is 0 Å². The van der Waals surface area contributed by atoms with E-state index in [1.165, 1.54) is 18.2 Å².